The van der Waals surface area contributed by atoms with Crippen molar-refractivity contribution in [3.8, 4) is 0 Å². The van der Waals surface area contributed by atoms with E-state index in [1.807, 2.05) is 13.0 Å². The third kappa shape index (κ3) is 4.22. The minimum absolute atomic E-state index is 0.388. The highest BCUT2D eigenvalue weighted by Crippen LogP contribution is 2.22. The first-order chi connectivity index (χ1) is 8.72. The molecule has 0 fully saturated rings. The zero-order valence-electron chi connectivity index (χ0n) is 11.9. The lowest BCUT2D eigenvalue weighted by molar-refractivity contribution is 0.493. The molecule has 0 saturated carbocycles. The van der Waals surface area contributed by atoms with E-state index in [-0.39, 0.29) is 0 Å². The Morgan fingerprint density at radius 3 is 2.78 bits per heavy atom. The van der Waals surface area contributed by atoms with E-state index in [1.165, 1.54) is 5.56 Å². The Balaban J connectivity index is 2.88. The summed E-state index contributed by atoms with van der Waals surface area (Å²) in [6.07, 6.45) is 6.27. The summed E-state index contributed by atoms with van der Waals surface area (Å²) >= 11 is 0. The Kier molecular flexibility index (Phi) is 6.58. The average Bonchev–Trinajstić information content (AvgIpc) is 2.38. The SMILES string of the molecule is C=CCCCC(NCC)c1cc(C)nnc1CC. The highest BCUT2D eigenvalue weighted by atomic mass is 15.1. The summed E-state index contributed by atoms with van der Waals surface area (Å²) in [6, 6.07) is 2.56. The molecular weight excluding hydrogens is 222 g/mol. The van der Waals surface area contributed by atoms with E-state index in [0.717, 1.165) is 43.6 Å². The van der Waals surface area contributed by atoms with Gasteiger partial charge in [0.2, 0.25) is 0 Å². The molecule has 100 valence electrons. The normalized spacial score (nSPS) is 12.4. The first kappa shape index (κ1) is 14.8. The molecule has 1 atom stereocenters. The number of aryl methyl sites for hydroxylation is 2. The highest BCUT2D eigenvalue weighted by Gasteiger charge is 2.15. The van der Waals surface area contributed by atoms with Gasteiger partial charge in [-0.05, 0) is 50.8 Å². The van der Waals surface area contributed by atoms with Crippen LogP contribution in [0.25, 0.3) is 0 Å². The summed E-state index contributed by atoms with van der Waals surface area (Å²) in [6.45, 7) is 11.0. The third-order valence-electron chi connectivity index (χ3n) is 3.09. The van der Waals surface area contributed by atoms with Crippen LogP contribution in [0.3, 0.4) is 0 Å². The van der Waals surface area contributed by atoms with Crippen molar-refractivity contribution >= 4 is 0 Å². The minimum atomic E-state index is 0.388. The van der Waals surface area contributed by atoms with Crippen LogP contribution in [0, 0.1) is 6.92 Å². The first-order valence-electron chi connectivity index (χ1n) is 6.90. The van der Waals surface area contributed by atoms with E-state index >= 15 is 0 Å². The van der Waals surface area contributed by atoms with E-state index in [4.69, 9.17) is 0 Å². The predicted molar refractivity (Wildman–Crippen MR) is 76.6 cm³/mol. The van der Waals surface area contributed by atoms with E-state index in [9.17, 15) is 0 Å². The number of nitrogens with one attached hydrogen (secondary N) is 1. The van der Waals surface area contributed by atoms with Gasteiger partial charge in [0.1, 0.15) is 0 Å². The van der Waals surface area contributed by atoms with E-state index in [0.29, 0.717) is 6.04 Å². The van der Waals surface area contributed by atoms with Gasteiger partial charge < -0.3 is 5.32 Å². The number of nitrogens with zero attached hydrogens (tertiary/aromatic N) is 2. The topological polar surface area (TPSA) is 37.8 Å². The molecule has 0 radical (unpaired) electrons. The van der Waals surface area contributed by atoms with Crippen molar-refractivity contribution in [2.75, 3.05) is 6.54 Å². The van der Waals surface area contributed by atoms with Crippen LogP contribution in [0.2, 0.25) is 0 Å². The van der Waals surface area contributed by atoms with Gasteiger partial charge in [0.05, 0.1) is 11.4 Å². The van der Waals surface area contributed by atoms with Gasteiger partial charge in [-0.15, -0.1) is 6.58 Å². The smallest absolute Gasteiger partial charge is 0.0676 e. The van der Waals surface area contributed by atoms with Gasteiger partial charge in [0.15, 0.2) is 0 Å². The lowest BCUT2D eigenvalue weighted by Crippen LogP contribution is -2.23. The van der Waals surface area contributed by atoms with Gasteiger partial charge >= 0.3 is 0 Å². The molecule has 0 bridgehead atoms. The summed E-state index contributed by atoms with van der Waals surface area (Å²) in [4.78, 5) is 0. The number of aromatic nitrogens is 2. The number of hydrogen-bond donors (Lipinski definition) is 1. The number of hydrogen-bond acceptors (Lipinski definition) is 3. The van der Waals surface area contributed by atoms with Crippen LogP contribution in [-0.2, 0) is 6.42 Å². The fourth-order valence-electron chi connectivity index (χ4n) is 2.19. The maximum Gasteiger partial charge on any atom is 0.0676 e. The molecule has 1 rings (SSSR count). The second kappa shape index (κ2) is 7.98. The zero-order chi connectivity index (χ0) is 13.4. The lowest BCUT2D eigenvalue weighted by Gasteiger charge is -2.20. The Labute approximate surface area is 111 Å². The summed E-state index contributed by atoms with van der Waals surface area (Å²) in [5.74, 6) is 0. The van der Waals surface area contributed by atoms with Gasteiger partial charge in [-0.2, -0.15) is 10.2 Å². The van der Waals surface area contributed by atoms with E-state index in [2.05, 4.69) is 42.0 Å². The van der Waals surface area contributed by atoms with Crippen LogP contribution >= 0.6 is 0 Å². The molecule has 18 heavy (non-hydrogen) atoms. The molecular formula is C15H25N3. The summed E-state index contributed by atoms with van der Waals surface area (Å²) in [5.41, 5.74) is 3.43. The lowest BCUT2D eigenvalue weighted by atomic mass is 9.98. The molecule has 0 aliphatic heterocycles. The van der Waals surface area contributed by atoms with Gasteiger partial charge in [-0.3, -0.25) is 0 Å². The van der Waals surface area contributed by atoms with Crippen molar-refractivity contribution in [3.05, 3.63) is 35.7 Å². The van der Waals surface area contributed by atoms with Gasteiger partial charge in [-0.25, -0.2) is 0 Å². The molecule has 3 heteroatoms. The molecule has 0 spiro atoms. The van der Waals surface area contributed by atoms with Crippen LogP contribution in [0.5, 0.6) is 0 Å². The van der Waals surface area contributed by atoms with Crippen LogP contribution in [0.15, 0.2) is 18.7 Å². The van der Waals surface area contributed by atoms with E-state index in [1.54, 1.807) is 0 Å². The standard InChI is InChI=1S/C15H25N3/c1-5-8-9-10-15(16-7-3)13-11-12(4)17-18-14(13)6-2/h5,11,15-16H,1,6-10H2,2-4H3. The molecule has 0 aliphatic rings. The molecule has 1 aromatic rings. The van der Waals surface area contributed by atoms with Crippen LogP contribution in [-0.4, -0.2) is 16.7 Å². The summed E-state index contributed by atoms with van der Waals surface area (Å²) in [7, 11) is 0. The van der Waals surface area contributed by atoms with Crippen molar-refractivity contribution in [2.24, 2.45) is 0 Å². The van der Waals surface area contributed by atoms with Crippen LogP contribution in [0.1, 0.15) is 56.1 Å². The summed E-state index contributed by atoms with van der Waals surface area (Å²) in [5, 5.41) is 12.0. The molecule has 1 N–H and O–H groups in total. The van der Waals surface area contributed by atoms with Crippen molar-refractivity contribution < 1.29 is 0 Å². The van der Waals surface area contributed by atoms with Crippen molar-refractivity contribution in [1.29, 1.82) is 0 Å². The molecule has 1 aromatic heterocycles. The maximum atomic E-state index is 4.32. The Bertz CT molecular complexity index is 374. The second-order valence-corrected chi connectivity index (χ2v) is 4.57. The van der Waals surface area contributed by atoms with Gasteiger partial charge in [-0.1, -0.05) is 19.9 Å². The van der Waals surface area contributed by atoms with Crippen LogP contribution in [0.4, 0.5) is 0 Å². The fraction of sp³-hybridized carbons (Fsp3) is 0.600. The molecule has 1 unspecified atom stereocenters. The monoisotopic (exact) mass is 247 g/mol. The molecule has 0 saturated heterocycles. The largest absolute Gasteiger partial charge is 0.310 e. The fourth-order valence-corrected chi connectivity index (χ4v) is 2.19. The quantitative estimate of drug-likeness (QED) is 0.565. The number of allylic oxidation sites excluding steroid dienone is 1. The third-order valence-corrected chi connectivity index (χ3v) is 3.09. The van der Waals surface area contributed by atoms with Gasteiger partial charge in [0.25, 0.3) is 0 Å². The van der Waals surface area contributed by atoms with Crippen molar-refractivity contribution in [1.82, 2.24) is 15.5 Å². The maximum absolute atomic E-state index is 4.32. The molecule has 1 heterocycles. The minimum Gasteiger partial charge on any atom is -0.310 e. The van der Waals surface area contributed by atoms with E-state index < -0.39 is 0 Å². The Morgan fingerprint density at radius 2 is 2.17 bits per heavy atom. The second-order valence-electron chi connectivity index (χ2n) is 4.57. The molecule has 3 nitrogen and oxygen atoms in total. The number of rotatable bonds is 8. The van der Waals surface area contributed by atoms with Crippen molar-refractivity contribution in [2.45, 2.75) is 52.5 Å². The molecule has 0 aromatic carbocycles. The molecule has 0 aliphatic carbocycles. The number of unbranched alkanes of at least 4 members (excludes halogenated alkanes) is 1. The van der Waals surface area contributed by atoms with Gasteiger partial charge in [0, 0.05) is 6.04 Å². The average molecular weight is 247 g/mol. The Morgan fingerprint density at radius 1 is 1.39 bits per heavy atom. The zero-order valence-corrected chi connectivity index (χ0v) is 11.9. The molecule has 0 amide bonds. The first-order valence-corrected chi connectivity index (χ1v) is 6.90. The Hall–Kier alpha value is -1.22. The van der Waals surface area contributed by atoms with Crippen LogP contribution < -0.4 is 5.32 Å². The highest BCUT2D eigenvalue weighted by molar-refractivity contribution is 5.24. The summed E-state index contributed by atoms with van der Waals surface area (Å²) < 4.78 is 0. The van der Waals surface area contributed by atoms with Crippen molar-refractivity contribution in [3.63, 3.8) is 0 Å². The predicted octanol–water partition coefficient (Wildman–Crippen LogP) is 3.35.